The highest BCUT2D eigenvalue weighted by Crippen LogP contribution is 2.25. The molecule has 0 aliphatic carbocycles. The zero-order valence-electron chi connectivity index (χ0n) is 14.6. The summed E-state index contributed by atoms with van der Waals surface area (Å²) in [5.74, 6) is 0.635. The molecular formula is C17H23N7O2. The van der Waals surface area contributed by atoms with Crippen LogP contribution in [0.2, 0.25) is 0 Å². The van der Waals surface area contributed by atoms with Crippen LogP contribution in [0.5, 0.6) is 0 Å². The van der Waals surface area contributed by atoms with Gasteiger partial charge in [0.1, 0.15) is 12.1 Å². The van der Waals surface area contributed by atoms with Crippen molar-refractivity contribution in [3.8, 4) is 0 Å². The number of rotatable bonds is 3. The normalized spacial score (nSPS) is 21.9. The second kappa shape index (κ2) is 6.89. The van der Waals surface area contributed by atoms with Gasteiger partial charge in [-0.3, -0.25) is 9.59 Å². The fraction of sp³-hybridized carbons (Fsp3) is 0.588. The number of likely N-dealkylation sites (tertiary alicyclic amines) is 1. The maximum atomic E-state index is 12.9. The molecule has 2 saturated heterocycles. The van der Waals surface area contributed by atoms with Crippen molar-refractivity contribution in [1.82, 2.24) is 24.7 Å². The summed E-state index contributed by atoms with van der Waals surface area (Å²) in [4.78, 5) is 28.3. The van der Waals surface area contributed by atoms with Crippen LogP contribution < -0.4 is 10.6 Å². The molecule has 0 aromatic carbocycles. The van der Waals surface area contributed by atoms with Crippen LogP contribution in [0.1, 0.15) is 25.7 Å². The molecule has 0 unspecified atom stereocenters. The molecule has 2 aliphatic rings. The molecule has 2 amide bonds. The fourth-order valence-electron chi connectivity index (χ4n) is 3.92. The number of primary amides is 1. The van der Waals surface area contributed by atoms with Gasteiger partial charge in [-0.15, -0.1) is 15.3 Å². The van der Waals surface area contributed by atoms with Gasteiger partial charge in [0.2, 0.25) is 11.8 Å². The van der Waals surface area contributed by atoms with Crippen LogP contribution in [-0.4, -0.2) is 62.7 Å². The van der Waals surface area contributed by atoms with Gasteiger partial charge < -0.3 is 15.5 Å². The summed E-state index contributed by atoms with van der Waals surface area (Å²) in [5, 5.41) is 12.4. The van der Waals surface area contributed by atoms with Crippen molar-refractivity contribution in [2.75, 3.05) is 31.1 Å². The lowest BCUT2D eigenvalue weighted by atomic mass is 9.92. The summed E-state index contributed by atoms with van der Waals surface area (Å²) >= 11 is 0. The van der Waals surface area contributed by atoms with E-state index in [1.165, 1.54) is 0 Å². The van der Waals surface area contributed by atoms with Crippen molar-refractivity contribution < 1.29 is 9.59 Å². The predicted molar refractivity (Wildman–Crippen MR) is 94.2 cm³/mol. The van der Waals surface area contributed by atoms with Crippen molar-refractivity contribution in [3.05, 3.63) is 18.5 Å². The third-order valence-electron chi connectivity index (χ3n) is 5.45. The maximum Gasteiger partial charge on any atom is 0.227 e. The number of piperidine rings is 2. The van der Waals surface area contributed by atoms with E-state index < -0.39 is 0 Å². The van der Waals surface area contributed by atoms with E-state index in [0.717, 1.165) is 25.2 Å². The van der Waals surface area contributed by atoms with Crippen molar-refractivity contribution in [2.45, 2.75) is 25.7 Å². The molecule has 0 bridgehead atoms. The van der Waals surface area contributed by atoms with Gasteiger partial charge in [0.15, 0.2) is 5.65 Å². The van der Waals surface area contributed by atoms with Crippen LogP contribution in [0.3, 0.4) is 0 Å². The average molecular weight is 357 g/mol. The maximum absolute atomic E-state index is 12.9. The van der Waals surface area contributed by atoms with Crippen molar-refractivity contribution in [3.63, 3.8) is 0 Å². The summed E-state index contributed by atoms with van der Waals surface area (Å²) in [7, 11) is 0. The molecule has 0 saturated carbocycles. The molecule has 1 atom stereocenters. The first-order chi connectivity index (χ1) is 12.6. The summed E-state index contributed by atoms with van der Waals surface area (Å²) in [6, 6.07) is 3.81. The van der Waals surface area contributed by atoms with Crippen molar-refractivity contribution in [2.24, 2.45) is 17.6 Å². The van der Waals surface area contributed by atoms with Gasteiger partial charge in [-0.05, 0) is 37.8 Å². The molecule has 2 fully saturated rings. The van der Waals surface area contributed by atoms with Crippen LogP contribution in [-0.2, 0) is 9.59 Å². The fourth-order valence-corrected chi connectivity index (χ4v) is 3.92. The van der Waals surface area contributed by atoms with E-state index in [2.05, 4.69) is 20.2 Å². The molecule has 138 valence electrons. The number of nitrogens with zero attached hydrogens (tertiary/aromatic N) is 6. The number of nitrogens with two attached hydrogens (primary N) is 1. The second-order valence-corrected chi connectivity index (χ2v) is 7.11. The molecule has 0 spiro atoms. The van der Waals surface area contributed by atoms with Gasteiger partial charge in [0.25, 0.3) is 0 Å². The Morgan fingerprint density at radius 3 is 2.65 bits per heavy atom. The summed E-state index contributed by atoms with van der Waals surface area (Å²) in [6.07, 6.45) is 4.76. The quantitative estimate of drug-likeness (QED) is 0.832. The molecule has 4 heterocycles. The highest BCUT2D eigenvalue weighted by Gasteiger charge is 2.33. The minimum atomic E-state index is -0.253. The summed E-state index contributed by atoms with van der Waals surface area (Å²) in [6.45, 7) is 2.78. The third kappa shape index (κ3) is 3.21. The SMILES string of the molecule is NC(=O)C1CCN(C(=O)[C@@H]2CCCN(c3ccc4nncn4n3)C2)CC1. The van der Waals surface area contributed by atoms with E-state index in [1.54, 1.807) is 10.8 Å². The number of anilines is 1. The van der Waals surface area contributed by atoms with Crippen molar-refractivity contribution in [1.29, 1.82) is 0 Å². The standard InChI is InChI=1S/C17H23N7O2/c18-16(25)12-5-8-22(9-6-12)17(26)13-2-1-7-23(10-13)15-4-3-14-20-19-11-24(14)21-15/h3-4,11-13H,1-2,5-10H2,(H2,18,25)/t13-/m1/s1. The molecule has 2 aromatic heterocycles. The molecule has 0 radical (unpaired) electrons. The van der Waals surface area contributed by atoms with Crippen LogP contribution in [0.25, 0.3) is 5.65 Å². The Kier molecular flexibility index (Phi) is 4.44. The lowest BCUT2D eigenvalue weighted by molar-refractivity contribution is -0.138. The Morgan fingerprint density at radius 2 is 1.88 bits per heavy atom. The van der Waals surface area contributed by atoms with Gasteiger partial charge >= 0.3 is 0 Å². The Balaban J connectivity index is 1.41. The smallest absolute Gasteiger partial charge is 0.227 e. The minimum Gasteiger partial charge on any atom is -0.369 e. The number of aromatic nitrogens is 4. The topological polar surface area (TPSA) is 110 Å². The average Bonchev–Trinajstić information content (AvgIpc) is 3.15. The van der Waals surface area contributed by atoms with Gasteiger partial charge in [0.05, 0.1) is 5.92 Å². The monoisotopic (exact) mass is 357 g/mol. The lowest BCUT2D eigenvalue weighted by Gasteiger charge is -2.37. The van der Waals surface area contributed by atoms with E-state index in [9.17, 15) is 9.59 Å². The van der Waals surface area contributed by atoms with Gasteiger partial charge in [-0.2, -0.15) is 4.52 Å². The predicted octanol–water partition coefficient (Wildman–Crippen LogP) is 0.0646. The number of hydrogen-bond donors (Lipinski definition) is 1. The molecule has 4 rings (SSSR count). The zero-order chi connectivity index (χ0) is 18.1. The van der Waals surface area contributed by atoms with E-state index in [1.807, 2.05) is 17.0 Å². The first-order valence-corrected chi connectivity index (χ1v) is 9.12. The Hall–Kier alpha value is -2.71. The van der Waals surface area contributed by atoms with Gasteiger partial charge in [0, 0.05) is 32.1 Å². The molecule has 26 heavy (non-hydrogen) atoms. The van der Waals surface area contributed by atoms with Crippen LogP contribution in [0.4, 0.5) is 5.82 Å². The molecule has 2 aromatic rings. The first-order valence-electron chi connectivity index (χ1n) is 9.12. The highest BCUT2D eigenvalue weighted by atomic mass is 16.2. The zero-order valence-corrected chi connectivity index (χ0v) is 14.6. The largest absolute Gasteiger partial charge is 0.369 e. The minimum absolute atomic E-state index is 0.0349. The van der Waals surface area contributed by atoms with E-state index in [0.29, 0.717) is 38.1 Å². The van der Waals surface area contributed by atoms with E-state index >= 15 is 0 Å². The third-order valence-corrected chi connectivity index (χ3v) is 5.45. The number of fused-ring (bicyclic) bond motifs is 1. The van der Waals surface area contributed by atoms with Gasteiger partial charge in [-0.25, -0.2) is 0 Å². The summed E-state index contributed by atoms with van der Waals surface area (Å²) in [5.41, 5.74) is 6.08. The molecule has 2 aliphatic heterocycles. The second-order valence-electron chi connectivity index (χ2n) is 7.11. The number of hydrogen-bond acceptors (Lipinski definition) is 6. The summed E-state index contributed by atoms with van der Waals surface area (Å²) < 4.78 is 1.65. The van der Waals surface area contributed by atoms with E-state index in [-0.39, 0.29) is 23.7 Å². The molecule has 2 N–H and O–H groups in total. The number of carbonyl (C=O) groups is 2. The number of carbonyl (C=O) groups excluding carboxylic acids is 2. The van der Waals surface area contributed by atoms with Crippen LogP contribution >= 0.6 is 0 Å². The van der Waals surface area contributed by atoms with Gasteiger partial charge in [-0.1, -0.05) is 0 Å². The van der Waals surface area contributed by atoms with Crippen molar-refractivity contribution >= 4 is 23.3 Å². The molecular weight excluding hydrogens is 334 g/mol. The Morgan fingerprint density at radius 1 is 1.08 bits per heavy atom. The Bertz CT molecular complexity index is 812. The lowest BCUT2D eigenvalue weighted by Crippen LogP contribution is -2.48. The first kappa shape index (κ1) is 16.7. The number of amides is 2. The molecule has 9 heteroatoms. The highest BCUT2D eigenvalue weighted by molar-refractivity contribution is 5.81. The van der Waals surface area contributed by atoms with Crippen LogP contribution in [0, 0.1) is 11.8 Å². The molecule has 9 nitrogen and oxygen atoms in total. The van der Waals surface area contributed by atoms with E-state index in [4.69, 9.17) is 5.73 Å². The Labute approximate surface area is 151 Å². The van der Waals surface area contributed by atoms with Crippen LogP contribution in [0.15, 0.2) is 18.5 Å².